The fourth-order valence-corrected chi connectivity index (χ4v) is 2.21. The Balaban J connectivity index is 1.95. The number of rotatable bonds is 4. The molecule has 1 aromatic heterocycles. The van der Waals surface area contributed by atoms with Crippen molar-refractivity contribution >= 4 is 21.6 Å². The number of aromatic nitrogens is 2. The summed E-state index contributed by atoms with van der Waals surface area (Å²) in [6, 6.07) is 6.67. The predicted octanol–water partition coefficient (Wildman–Crippen LogP) is 0.630. The van der Waals surface area contributed by atoms with Gasteiger partial charge in [0.1, 0.15) is 5.69 Å². The first-order valence-electron chi connectivity index (χ1n) is 6.55. The SMILES string of the molecule is CS(=O)(=O)Nc1cccc(C#CCNC(=O)c2cnccn2)c1. The minimum Gasteiger partial charge on any atom is -0.340 e. The van der Waals surface area contributed by atoms with E-state index < -0.39 is 10.0 Å². The Labute approximate surface area is 134 Å². The highest BCUT2D eigenvalue weighted by atomic mass is 32.2. The molecule has 0 aliphatic rings. The summed E-state index contributed by atoms with van der Waals surface area (Å²) in [5.41, 5.74) is 1.28. The Morgan fingerprint density at radius 3 is 2.83 bits per heavy atom. The van der Waals surface area contributed by atoms with Crippen LogP contribution in [0.5, 0.6) is 0 Å². The van der Waals surface area contributed by atoms with Crippen LogP contribution in [0.15, 0.2) is 42.9 Å². The summed E-state index contributed by atoms with van der Waals surface area (Å²) >= 11 is 0. The van der Waals surface area contributed by atoms with E-state index in [1.54, 1.807) is 24.3 Å². The van der Waals surface area contributed by atoms with Crippen LogP contribution in [0.25, 0.3) is 0 Å². The minimum absolute atomic E-state index is 0.138. The van der Waals surface area contributed by atoms with Gasteiger partial charge in [0.15, 0.2) is 0 Å². The quantitative estimate of drug-likeness (QED) is 0.801. The van der Waals surface area contributed by atoms with Gasteiger partial charge in [-0.25, -0.2) is 13.4 Å². The topological polar surface area (TPSA) is 101 Å². The first kappa shape index (κ1) is 16.5. The molecule has 2 aromatic rings. The maximum atomic E-state index is 11.7. The number of sulfonamides is 1. The molecule has 23 heavy (non-hydrogen) atoms. The number of hydrogen-bond donors (Lipinski definition) is 2. The number of hydrogen-bond acceptors (Lipinski definition) is 5. The van der Waals surface area contributed by atoms with Crippen molar-refractivity contribution in [2.24, 2.45) is 0 Å². The molecular formula is C15H14N4O3S. The van der Waals surface area contributed by atoms with E-state index in [1.165, 1.54) is 18.6 Å². The Bertz CT molecular complexity index is 855. The highest BCUT2D eigenvalue weighted by Gasteiger charge is 2.04. The lowest BCUT2D eigenvalue weighted by Crippen LogP contribution is -2.24. The van der Waals surface area contributed by atoms with Crippen molar-refractivity contribution in [2.45, 2.75) is 0 Å². The molecule has 0 fully saturated rings. The zero-order valence-electron chi connectivity index (χ0n) is 12.3. The first-order valence-corrected chi connectivity index (χ1v) is 8.44. The lowest BCUT2D eigenvalue weighted by Gasteiger charge is -2.03. The highest BCUT2D eigenvalue weighted by molar-refractivity contribution is 7.92. The summed E-state index contributed by atoms with van der Waals surface area (Å²) in [6.07, 6.45) is 5.35. The number of carbonyl (C=O) groups excluding carboxylic acids is 1. The molecule has 0 saturated heterocycles. The first-order chi connectivity index (χ1) is 10.9. The molecule has 0 unspecified atom stereocenters. The van der Waals surface area contributed by atoms with Crippen LogP contribution < -0.4 is 10.0 Å². The number of nitrogens with one attached hydrogen (secondary N) is 2. The molecule has 7 nitrogen and oxygen atoms in total. The Hall–Kier alpha value is -2.92. The zero-order chi connectivity index (χ0) is 16.7. The van der Waals surface area contributed by atoms with E-state index >= 15 is 0 Å². The van der Waals surface area contributed by atoms with Crippen molar-refractivity contribution < 1.29 is 13.2 Å². The van der Waals surface area contributed by atoms with Crippen molar-refractivity contribution in [2.75, 3.05) is 17.5 Å². The molecule has 0 spiro atoms. The van der Waals surface area contributed by atoms with Gasteiger partial charge < -0.3 is 5.32 Å². The van der Waals surface area contributed by atoms with Crippen LogP contribution in [-0.4, -0.2) is 37.1 Å². The second kappa shape index (κ2) is 7.38. The average molecular weight is 330 g/mol. The lowest BCUT2D eigenvalue weighted by molar-refractivity contribution is 0.0953. The molecule has 2 rings (SSSR count). The second-order valence-corrected chi connectivity index (χ2v) is 6.28. The number of nitrogens with zero attached hydrogens (tertiary/aromatic N) is 2. The Morgan fingerprint density at radius 2 is 2.13 bits per heavy atom. The molecule has 0 saturated carbocycles. The molecule has 1 amide bonds. The monoisotopic (exact) mass is 330 g/mol. The van der Waals surface area contributed by atoms with Gasteiger partial charge in [0.2, 0.25) is 10.0 Å². The van der Waals surface area contributed by atoms with Crippen LogP contribution >= 0.6 is 0 Å². The van der Waals surface area contributed by atoms with Crippen LogP contribution in [0.4, 0.5) is 5.69 Å². The summed E-state index contributed by atoms with van der Waals surface area (Å²) in [6.45, 7) is 0.138. The molecule has 0 atom stereocenters. The number of anilines is 1. The third-order valence-corrected chi connectivity index (χ3v) is 3.14. The van der Waals surface area contributed by atoms with Gasteiger partial charge in [0.25, 0.3) is 5.91 Å². The molecule has 0 aliphatic carbocycles. The van der Waals surface area contributed by atoms with E-state index in [4.69, 9.17) is 0 Å². The van der Waals surface area contributed by atoms with Gasteiger partial charge in [-0.05, 0) is 18.2 Å². The second-order valence-electron chi connectivity index (χ2n) is 4.53. The van der Waals surface area contributed by atoms with Crippen molar-refractivity contribution in [1.29, 1.82) is 0 Å². The molecule has 0 aliphatic heterocycles. The van der Waals surface area contributed by atoms with Crippen molar-refractivity contribution in [3.8, 4) is 11.8 Å². The van der Waals surface area contributed by atoms with Crippen LogP contribution in [-0.2, 0) is 10.0 Å². The van der Waals surface area contributed by atoms with E-state index in [-0.39, 0.29) is 18.1 Å². The average Bonchev–Trinajstić information content (AvgIpc) is 2.51. The van der Waals surface area contributed by atoms with Crippen LogP contribution in [0.3, 0.4) is 0 Å². The van der Waals surface area contributed by atoms with Crippen LogP contribution in [0.2, 0.25) is 0 Å². The van der Waals surface area contributed by atoms with Crippen molar-refractivity contribution in [3.63, 3.8) is 0 Å². The van der Waals surface area contributed by atoms with Gasteiger partial charge in [0.05, 0.1) is 19.0 Å². The van der Waals surface area contributed by atoms with E-state index in [9.17, 15) is 13.2 Å². The molecule has 1 aromatic carbocycles. The van der Waals surface area contributed by atoms with Crippen molar-refractivity contribution in [3.05, 3.63) is 54.1 Å². The fraction of sp³-hybridized carbons (Fsp3) is 0.133. The summed E-state index contributed by atoms with van der Waals surface area (Å²) in [4.78, 5) is 19.4. The van der Waals surface area contributed by atoms with Gasteiger partial charge in [-0.1, -0.05) is 17.9 Å². The maximum absolute atomic E-state index is 11.7. The fourth-order valence-electron chi connectivity index (χ4n) is 1.65. The van der Waals surface area contributed by atoms with Crippen LogP contribution in [0.1, 0.15) is 16.1 Å². The summed E-state index contributed by atoms with van der Waals surface area (Å²) in [5.74, 6) is 5.27. The smallest absolute Gasteiger partial charge is 0.272 e. The van der Waals surface area contributed by atoms with Gasteiger partial charge in [-0.3, -0.25) is 14.5 Å². The molecule has 0 bridgehead atoms. The standard InChI is InChI=1S/C15H14N4O3S/c1-23(21,22)19-13-6-2-4-12(10-13)5-3-7-18-15(20)14-11-16-8-9-17-14/h2,4,6,8-11,19H,7H2,1H3,(H,18,20). The third kappa shape index (κ3) is 5.76. The third-order valence-electron chi connectivity index (χ3n) is 2.53. The van der Waals surface area contributed by atoms with Gasteiger partial charge in [-0.15, -0.1) is 0 Å². The van der Waals surface area contributed by atoms with Gasteiger partial charge in [0, 0.05) is 23.6 Å². The van der Waals surface area contributed by atoms with E-state index in [2.05, 4.69) is 31.8 Å². The van der Waals surface area contributed by atoms with E-state index in [0.717, 1.165) is 6.26 Å². The van der Waals surface area contributed by atoms with Gasteiger partial charge in [-0.2, -0.15) is 0 Å². The molecule has 8 heteroatoms. The molecular weight excluding hydrogens is 316 g/mol. The molecule has 1 heterocycles. The van der Waals surface area contributed by atoms with E-state index in [1.807, 2.05) is 0 Å². The minimum atomic E-state index is -3.33. The number of benzene rings is 1. The zero-order valence-corrected chi connectivity index (χ0v) is 13.1. The normalized spacial score (nSPS) is 10.3. The summed E-state index contributed by atoms with van der Waals surface area (Å²) in [5, 5.41) is 2.60. The van der Waals surface area contributed by atoms with Gasteiger partial charge >= 0.3 is 0 Å². The number of amides is 1. The predicted molar refractivity (Wildman–Crippen MR) is 86.2 cm³/mol. The largest absolute Gasteiger partial charge is 0.340 e. The van der Waals surface area contributed by atoms with E-state index in [0.29, 0.717) is 11.3 Å². The van der Waals surface area contributed by atoms with Crippen LogP contribution in [0, 0.1) is 11.8 Å². The molecule has 118 valence electrons. The summed E-state index contributed by atoms with van der Waals surface area (Å²) < 4.78 is 24.7. The molecule has 0 radical (unpaired) electrons. The lowest BCUT2D eigenvalue weighted by atomic mass is 10.2. The molecule has 2 N–H and O–H groups in total. The Kier molecular flexibility index (Phi) is 5.28. The summed E-state index contributed by atoms with van der Waals surface area (Å²) in [7, 11) is -3.33. The maximum Gasteiger partial charge on any atom is 0.272 e. The highest BCUT2D eigenvalue weighted by Crippen LogP contribution is 2.10. The number of carbonyl (C=O) groups is 1. The Morgan fingerprint density at radius 1 is 1.30 bits per heavy atom. The van der Waals surface area contributed by atoms with Crippen molar-refractivity contribution in [1.82, 2.24) is 15.3 Å².